The normalized spacial score (nSPS) is 10.2. The number of nitrogens with two attached hydrogens (primary N) is 1. The first kappa shape index (κ1) is 8.87. The molecule has 0 bridgehead atoms. The van der Waals surface area contributed by atoms with Gasteiger partial charge in [0.15, 0.2) is 5.82 Å². The van der Waals surface area contributed by atoms with E-state index in [4.69, 9.17) is 5.73 Å². The van der Waals surface area contributed by atoms with Crippen molar-refractivity contribution in [3.8, 4) is 0 Å². The van der Waals surface area contributed by atoms with E-state index in [0.29, 0.717) is 10.2 Å². The maximum atomic E-state index is 13.0. The van der Waals surface area contributed by atoms with Gasteiger partial charge < -0.3 is 5.73 Å². The van der Waals surface area contributed by atoms with Crippen molar-refractivity contribution in [1.82, 2.24) is 0 Å². The molecule has 11 heavy (non-hydrogen) atoms. The molecule has 0 amide bonds. The summed E-state index contributed by atoms with van der Waals surface area (Å²) in [6, 6.07) is 1.63. The van der Waals surface area contributed by atoms with Gasteiger partial charge in [-0.05, 0) is 34.5 Å². The number of hydrogen-bond donors (Lipinski definition) is 2. The fourth-order valence-electron chi connectivity index (χ4n) is 0.749. The quantitative estimate of drug-likeness (QED) is 0.525. The predicted octanol–water partition coefficient (Wildman–Crippen LogP) is 2.77. The zero-order valence-corrected chi connectivity index (χ0v) is 8.34. The third-order valence-corrected chi connectivity index (χ3v) is 2.46. The Morgan fingerprint density at radius 2 is 2.18 bits per heavy atom. The summed E-state index contributed by atoms with van der Waals surface area (Å²) in [5.41, 5.74) is 6.73. The van der Waals surface area contributed by atoms with E-state index >= 15 is 0 Å². The van der Waals surface area contributed by atoms with Crippen LogP contribution in [0.25, 0.3) is 0 Å². The molecule has 0 fully saturated rings. The lowest BCUT2D eigenvalue weighted by atomic mass is 10.2. The van der Waals surface area contributed by atoms with E-state index in [1.807, 2.05) is 0 Å². The number of rotatable bonds is 0. The fourth-order valence-corrected chi connectivity index (χ4v) is 1.74. The molecule has 0 radical (unpaired) electrons. The van der Waals surface area contributed by atoms with E-state index in [2.05, 4.69) is 28.6 Å². The van der Waals surface area contributed by atoms with Crippen LogP contribution < -0.4 is 5.73 Å². The van der Waals surface area contributed by atoms with E-state index in [1.165, 1.54) is 0 Å². The largest absolute Gasteiger partial charge is 0.398 e. The third-order valence-electron chi connectivity index (χ3n) is 1.44. The first-order valence-corrected chi connectivity index (χ1v) is 4.21. The highest BCUT2D eigenvalue weighted by Crippen LogP contribution is 2.29. The molecule has 0 aliphatic rings. The number of halogens is 2. The Kier molecular flexibility index (Phi) is 2.44. The average molecular weight is 236 g/mol. The van der Waals surface area contributed by atoms with Crippen LogP contribution >= 0.6 is 28.6 Å². The standard InChI is InChI=1S/C7H7BrFNS/c1-3-2-4(8)5(9)7(11)6(3)10/h2,11H,10H2,1H3. The molecule has 0 aromatic heterocycles. The summed E-state index contributed by atoms with van der Waals surface area (Å²) in [5.74, 6) is -0.406. The van der Waals surface area contributed by atoms with Crippen LogP contribution in [0.1, 0.15) is 5.56 Å². The van der Waals surface area contributed by atoms with Crippen LogP contribution in [0.4, 0.5) is 10.1 Å². The molecule has 1 aromatic rings. The SMILES string of the molecule is Cc1cc(Br)c(F)c(S)c1N. The minimum Gasteiger partial charge on any atom is -0.398 e. The Balaban J connectivity index is 3.46. The molecule has 60 valence electrons. The summed E-state index contributed by atoms with van der Waals surface area (Å²) in [4.78, 5) is 0.205. The molecule has 1 rings (SSSR count). The molecule has 0 spiro atoms. The molecular weight excluding hydrogens is 229 g/mol. The highest BCUT2D eigenvalue weighted by atomic mass is 79.9. The summed E-state index contributed by atoms with van der Waals surface area (Å²) in [6.07, 6.45) is 0. The van der Waals surface area contributed by atoms with Crippen molar-refractivity contribution in [2.45, 2.75) is 11.8 Å². The van der Waals surface area contributed by atoms with E-state index < -0.39 is 5.82 Å². The highest BCUT2D eigenvalue weighted by molar-refractivity contribution is 9.10. The van der Waals surface area contributed by atoms with Crippen LogP contribution in [0.5, 0.6) is 0 Å². The second kappa shape index (κ2) is 3.03. The lowest BCUT2D eigenvalue weighted by molar-refractivity contribution is 0.596. The molecule has 0 saturated heterocycles. The minimum atomic E-state index is -0.406. The van der Waals surface area contributed by atoms with Crippen LogP contribution in [-0.2, 0) is 0 Å². The Morgan fingerprint density at radius 1 is 1.64 bits per heavy atom. The molecule has 1 aromatic carbocycles. The van der Waals surface area contributed by atoms with Gasteiger partial charge in [-0.15, -0.1) is 12.6 Å². The number of anilines is 1. The van der Waals surface area contributed by atoms with Gasteiger partial charge in [-0.1, -0.05) is 0 Å². The zero-order valence-electron chi connectivity index (χ0n) is 5.86. The lowest BCUT2D eigenvalue weighted by Gasteiger charge is -2.05. The third kappa shape index (κ3) is 1.51. The summed E-state index contributed by atoms with van der Waals surface area (Å²) in [5, 5.41) is 0. The van der Waals surface area contributed by atoms with Gasteiger partial charge in [0.1, 0.15) is 0 Å². The van der Waals surface area contributed by atoms with Gasteiger partial charge in [0, 0.05) is 0 Å². The predicted molar refractivity (Wildman–Crippen MR) is 50.5 cm³/mol. The Morgan fingerprint density at radius 3 is 2.73 bits per heavy atom. The maximum absolute atomic E-state index is 13.0. The van der Waals surface area contributed by atoms with Crippen LogP contribution in [0.2, 0.25) is 0 Å². The van der Waals surface area contributed by atoms with Crippen LogP contribution in [0.15, 0.2) is 15.4 Å². The molecule has 0 unspecified atom stereocenters. The number of benzene rings is 1. The van der Waals surface area contributed by atoms with Gasteiger partial charge in [-0.25, -0.2) is 4.39 Å². The van der Waals surface area contributed by atoms with Crippen molar-refractivity contribution in [2.75, 3.05) is 5.73 Å². The molecule has 2 N–H and O–H groups in total. The molecule has 0 aliphatic carbocycles. The first-order valence-electron chi connectivity index (χ1n) is 2.97. The highest BCUT2D eigenvalue weighted by Gasteiger charge is 2.08. The van der Waals surface area contributed by atoms with Gasteiger partial charge >= 0.3 is 0 Å². The second-order valence-corrected chi connectivity index (χ2v) is 3.55. The van der Waals surface area contributed by atoms with Crippen molar-refractivity contribution in [1.29, 1.82) is 0 Å². The zero-order chi connectivity index (χ0) is 8.59. The lowest BCUT2D eigenvalue weighted by Crippen LogP contribution is -1.94. The molecule has 0 aliphatic heterocycles. The first-order chi connectivity index (χ1) is 5.04. The van der Waals surface area contributed by atoms with Crippen molar-refractivity contribution in [3.63, 3.8) is 0 Å². The van der Waals surface area contributed by atoms with Gasteiger partial charge in [0.05, 0.1) is 15.1 Å². The monoisotopic (exact) mass is 235 g/mol. The maximum Gasteiger partial charge on any atom is 0.152 e. The summed E-state index contributed by atoms with van der Waals surface area (Å²) < 4.78 is 13.4. The molecular formula is C7H7BrFNS. The smallest absolute Gasteiger partial charge is 0.152 e. The molecule has 4 heteroatoms. The number of thiol groups is 1. The van der Waals surface area contributed by atoms with Crippen molar-refractivity contribution in [2.24, 2.45) is 0 Å². The molecule has 0 saturated carbocycles. The number of nitrogen functional groups attached to an aromatic ring is 1. The average Bonchev–Trinajstić information content (AvgIpc) is 1.97. The summed E-state index contributed by atoms with van der Waals surface area (Å²) >= 11 is 6.97. The van der Waals surface area contributed by atoms with Gasteiger partial charge in [-0.2, -0.15) is 0 Å². The van der Waals surface area contributed by atoms with E-state index in [0.717, 1.165) is 5.56 Å². The van der Waals surface area contributed by atoms with Gasteiger partial charge in [0.25, 0.3) is 0 Å². The Hall–Kier alpha value is -0.220. The minimum absolute atomic E-state index is 0.205. The van der Waals surface area contributed by atoms with Crippen LogP contribution in [-0.4, -0.2) is 0 Å². The summed E-state index contributed by atoms with van der Waals surface area (Å²) in [6.45, 7) is 1.80. The molecule has 0 heterocycles. The Labute approximate surface area is 78.3 Å². The topological polar surface area (TPSA) is 26.0 Å². The van der Waals surface area contributed by atoms with Crippen LogP contribution in [0.3, 0.4) is 0 Å². The van der Waals surface area contributed by atoms with Crippen molar-refractivity contribution >= 4 is 34.2 Å². The molecule has 0 atom stereocenters. The van der Waals surface area contributed by atoms with Crippen molar-refractivity contribution < 1.29 is 4.39 Å². The molecule has 1 nitrogen and oxygen atoms in total. The van der Waals surface area contributed by atoms with Gasteiger partial charge in [-0.3, -0.25) is 0 Å². The Bertz CT molecular complexity index is 275. The fraction of sp³-hybridized carbons (Fsp3) is 0.143. The van der Waals surface area contributed by atoms with Crippen LogP contribution in [0, 0.1) is 12.7 Å². The van der Waals surface area contributed by atoms with Gasteiger partial charge in [0.2, 0.25) is 0 Å². The van der Waals surface area contributed by atoms with E-state index in [9.17, 15) is 4.39 Å². The number of aryl methyl sites for hydroxylation is 1. The second-order valence-electron chi connectivity index (χ2n) is 2.25. The number of hydrogen-bond acceptors (Lipinski definition) is 2. The summed E-state index contributed by atoms with van der Waals surface area (Å²) in [7, 11) is 0. The van der Waals surface area contributed by atoms with Crippen molar-refractivity contribution in [3.05, 3.63) is 21.9 Å². The van der Waals surface area contributed by atoms with E-state index in [1.54, 1.807) is 13.0 Å². The van der Waals surface area contributed by atoms with E-state index in [-0.39, 0.29) is 4.90 Å².